The summed E-state index contributed by atoms with van der Waals surface area (Å²) in [5, 5.41) is 23.0. The van der Waals surface area contributed by atoms with E-state index in [-0.39, 0.29) is 19.5 Å². The molecule has 2 aliphatic heterocycles. The van der Waals surface area contributed by atoms with Crippen LogP contribution in [0.4, 0.5) is 0 Å². The van der Waals surface area contributed by atoms with Crippen LogP contribution in [0.15, 0.2) is 72.8 Å². The third kappa shape index (κ3) is 6.21. The van der Waals surface area contributed by atoms with Crippen molar-refractivity contribution in [1.29, 1.82) is 0 Å². The SMILES string of the molecule is CCCc1ccc2c(c1C(=O)[O-])Cc1ccccc1O2.CCCc1ccc2c(c1C(=O)[O-])Cc1ccccc1O2.[Zn+2]. The number of hydrogen-bond acceptors (Lipinski definition) is 6. The Kier molecular flexibility index (Phi) is 9.62. The van der Waals surface area contributed by atoms with Crippen LogP contribution in [0, 0.1) is 0 Å². The Morgan fingerprint density at radius 2 is 1.00 bits per heavy atom. The molecule has 0 saturated carbocycles. The maximum absolute atomic E-state index is 11.5. The second kappa shape index (κ2) is 13.1. The minimum absolute atomic E-state index is 0. The van der Waals surface area contributed by atoms with Crippen LogP contribution in [0.3, 0.4) is 0 Å². The molecule has 7 heteroatoms. The average molecular weight is 600 g/mol. The topological polar surface area (TPSA) is 98.7 Å². The third-order valence-electron chi connectivity index (χ3n) is 7.28. The second-order valence-electron chi connectivity index (χ2n) is 10.0. The number of aromatic carboxylic acids is 2. The van der Waals surface area contributed by atoms with E-state index >= 15 is 0 Å². The number of carboxylic acids is 2. The van der Waals surface area contributed by atoms with Crippen LogP contribution in [0.2, 0.25) is 0 Å². The number of ether oxygens (including phenoxy) is 2. The zero-order valence-electron chi connectivity index (χ0n) is 23.3. The predicted molar refractivity (Wildman–Crippen MR) is 148 cm³/mol. The van der Waals surface area contributed by atoms with Gasteiger partial charge in [-0.3, -0.25) is 0 Å². The van der Waals surface area contributed by atoms with Crippen LogP contribution in [-0.4, -0.2) is 11.9 Å². The molecule has 6 rings (SSSR count). The average Bonchev–Trinajstić information content (AvgIpc) is 2.95. The fourth-order valence-electron chi connectivity index (χ4n) is 5.48. The maximum Gasteiger partial charge on any atom is 2.00 e. The van der Waals surface area contributed by atoms with E-state index in [1.165, 1.54) is 0 Å². The van der Waals surface area contributed by atoms with Gasteiger partial charge in [-0.05, 0) is 59.4 Å². The molecule has 41 heavy (non-hydrogen) atoms. The fourth-order valence-corrected chi connectivity index (χ4v) is 5.48. The molecule has 0 N–H and O–H groups in total. The first-order valence-corrected chi connectivity index (χ1v) is 13.6. The summed E-state index contributed by atoms with van der Waals surface area (Å²) in [5.41, 5.74) is 5.75. The summed E-state index contributed by atoms with van der Waals surface area (Å²) in [7, 11) is 0. The summed E-state index contributed by atoms with van der Waals surface area (Å²) in [4.78, 5) is 23.0. The molecule has 2 heterocycles. The molecule has 0 aromatic heterocycles. The van der Waals surface area contributed by atoms with Crippen molar-refractivity contribution < 1.29 is 48.8 Å². The normalized spacial score (nSPS) is 12.0. The van der Waals surface area contributed by atoms with Gasteiger partial charge in [0.05, 0.1) is 11.9 Å². The smallest absolute Gasteiger partial charge is 0.545 e. The molecule has 204 valence electrons. The monoisotopic (exact) mass is 598 g/mol. The van der Waals surface area contributed by atoms with Crippen molar-refractivity contribution in [2.24, 2.45) is 0 Å². The van der Waals surface area contributed by atoms with E-state index in [0.29, 0.717) is 35.5 Å². The van der Waals surface area contributed by atoms with Gasteiger partial charge in [0.1, 0.15) is 23.0 Å². The number of fused-ring (bicyclic) bond motifs is 4. The standard InChI is InChI=1S/2C17H16O3.Zn/c2*1-2-5-11-8-9-15-13(16(11)17(18)19)10-12-6-3-4-7-14(12)20-15;/h2*3-4,6-9H,2,5,10H2,1H3,(H,18,19);/q;;+2/p-2. The third-order valence-corrected chi connectivity index (χ3v) is 7.28. The van der Waals surface area contributed by atoms with Crippen molar-refractivity contribution >= 4 is 11.9 Å². The van der Waals surface area contributed by atoms with E-state index in [0.717, 1.165) is 70.6 Å². The van der Waals surface area contributed by atoms with Gasteiger partial charge in [0, 0.05) is 35.1 Å². The van der Waals surface area contributed by atoms with E-state index in [9.17, 15) is 19.8 Å². The van der Waals surface area contributed by atoms with Gasteiger partial charge in [-0.1, -0.05) is 75.2 Å². The molecule has 0 aliphatic carbocycles. The van der Waals surface area contributed by atoms with E-state index in [4.69, 9.17) is 9.47 Å². The van der Waals surface area contributed by atoms with Crippen molar-refractivity contribution in [2.45, 2.75) is 52.4 Å². The number of aryl methyl sites for hydroxylation is 2. The molecule has 0 fully saturated rings. The predicted octanol–water partition coefficient (Wildman–Crippen LogP) is 5.40. The Balaban J connectivity index is 0.000000184. The molecule has 4 aromatic carbocycles. The summed E-state index contributed by atoms with van der Waals surface area (Å²) in [6.07, 6.45) is 4.42. The van der Waals surface area contributed by atoms with Crippen LogP contribution in [-0.2, 0) is 45.2 Å². The van der Waals surface area contributed by atoms with E-state index in [1.54, 1.807) is 0 Å². The van der Waals surface area contributed by atoms with Crippen LogP contribution in [0.25, 0.3) is 0 Å². The molecule has 6 nitrogen and oxygen atoms in total. The van der Waals surface area contributed by atoms with E-state index < -0.39 is 11.9 Å². The zero-order chi connectivity index (χ0) is 28.2. The molecule has 0 saturated heterocycles. The largest absolute Gasteiger partial charge is 2.00 e. The van der Waals surface area contributed by atoms with Gasteiger partial charge < -0.3 is 29.3 Å². The Morgan fingerprint density at radius 1 is 0.610 bits per heavy atom. The number of carbonyl (C=O) groups excluding carboxylic acids is 2. The second-order valence-corrected chi connectivity index (χ2v) is 10.0. The maximum atomic E-state index is 11.5. The van der Waals surface area contributed by atoms with Gasteiger partial charge in [0.2, 0.25) is 0 Å². The van der Waals surface area contributed by atoms with Gasteiger partial charge in [0.15, 0.2) is 0 Å². The summed E-state index contributed by atoms with van der Waals surface area (Å²) in [6, 6.07) is 22.8. The Labute approximate surface area is 252 Å². The Morgan fingerprint density at radius 3 is 1.37 bits per heavy atom. The van der Waals surface area contributed by atoms with Crippen molar-refractivity contribution in [3.63, 3.8) is 0 Å². The van der Waals surface area contributed by atoms with Gasteiger partial charge >= 0.3 is 19.5 Å². The molecular formula is C34H30O6Zn. The molecule has 4 aromatic rings. The zero-order valence-corrected chi connectivity index (χ0v) is 26.3. The number of para-hydroxylation sites is 2. The van der Waals surface area contributed by atoms with Gasteiger partial charge in [-0.15, -0.1) is 0 Å². The molecule has 0 radical (unpaired) electrons. The van der Waals surface area contributed by atoms with Crippen LogP contribution in [0.1, 0.15) is 80.8 Å². The van der Waals surface area contributed by atoms with Crippen LogP contribution < -0.4 is 19.7 Å². The first-order valence-electron chi connectivity index (χ1n) is 13.6. The number of carboxylic acid groups (broad SMARTS) is 2. The Hall–Kier alpha value is -3.96. The first-order chi connectivity index (χ1) is 19.4. The minimum Gasteiger partial charge on any atom is -0.545 e. The summed E-state index contributed by atoms with van der Waals surface area (Å²) in [6.45, 7) is 4.06. The Bertz CT molecular complexity index is 1470. The van der Waals surface area contributed by atoms with Crippen molar-refractivity contribution in [2.75, 3.05) is 0 Å². The minimum atomic E-state index is -1.12. The fraction of sp³-hybridized carbons (Fsp3) is 0.235. The number of benzene rings is 4. The summed E-state index contributed by atoms with van der Waals surface area (Å²) >= 11 is 0. The molecule has 0 bridgehead atoms. The number of carbonyl (C=O) groups is 2. The quantitative estimate of drug-likeness (QED) is 0.238. The molecule has 2 aliphatic rings. The summed E-state index contributed by atoms with van der Waals surface area (Å²) in [5.74, 6) is 0.618. The van der Waals surface area contributed by atoms with Crippen molar-refractivity contribution in [3.05, 3.63) is 117 Å². The first kappa shape index (κ1) is 30.0. The van der Waals surface area contributed by atoms with Crippen LogP contribution >= 0.6 is 0 Å². The molecule has 0 atom stereocenters. The van der Waals surface area contributed by atoms with Gasteiger partial charge in [-0.25, -0.2) is 0 Å². The van der Waals surface area contributed by atoms with Crippen LogP contribution in [0.5, 0.6) is 23.0 Å². The number of hydrogen-bond donors (Lipinski definition) is 0. The molecule has 0 spiro atoms. The van der Waals surface area contributed by atoms with Crippen molar-refractivity contribution in [3.8, 4) is 23.0 Å². The van der Waals surface area contributed by atoms with E-state index in [2.05, 4.69) is 0 Å². The molecular weight excluding hydrogens is 570 g/mol. The number of rotatable bonds is 6. The van der Waals surface area contributed by atoms with Crippen molar-refractivity contribution in [1.82, 2.24) is 0 Å². The molecule has 0 amide bonds. The molecule has 0 unspecified atom stereocenters. The van der Waals surface area contributed by atoms with E-state index in [1.807, 2.05) is 86.6 Å². The van der Waals surface area contributed by atoms with Gasteiger partial charge in [0.25, 0.3) is 0 Å². The van der Waals surface area contributed by atoms with Gasteiger partial charge in [-0.2, -0.15) is 0 Å². The summed E-state index contributed by atoms with van der Waals surface area (Å²) < 4.78 is 11.6.